The molecule has 0 spiro atoms. The molecule has 0 aromatic carbocycles. The van der Waals surface area contributed by atoms with Crippen LogP contribution in [0.2, 0.25) is 0 Å². The summed E-state index contributed by atoms with van der Waals surface area (Å²) in [6.45, 7) is 0.865. The van der Waals surface area contributed by atoms with Crippen LogP contribution in [0.4, 0.5) is 5.69 Å². The molecule has 0 aliphatic rings. The van der Waals surface area contributed by atoms with Crippen molar-refractivity contribution in [2.75, 3.05) is 23.9 Å². The lowest BCUT2D eigenvalue weighted by Gasteiger charge is -2.03. The molecular weight excluding hydrogens is 184 g/mol. The zero-order valence-corrected chi connectivity index (χ0v) is 8.51. The van der Waals surface area contributed by atoms with Gasteiger partial charge in [-0.05, 0) is 18.6 Å². The molecule has 0 aliphatic heterocycles. The SMILES string of the molecule is CS(=O)CCCNc1ccncc1. The van der Waals surface area contributed by atoms with Crippen molar-refractivity contribution in [2.24, 2.45) is 0 Å². The predicted molar refractivity (Wildman–Crippen MR) is 56.3 cm³/mol. The van der Waals surface area contributed by atoms with Gasteiger partial charge in [-0.1, -0.05) is 0 Å². The van der Waals surface area contributed by atoms with Gasteiger partial charge in [0.1, 0.15) is 0 Å². The summed E-state index contributed by atoms with van der Waals surface area (Å²) in [4.78, 5) is 3.91. The van der Waals surface area contributed by atoms with E-state index in [9.17, 15) is 4.21 Å². The predicted octanol–water partition coefficient (Wildman–Crippen LogP) is 1.26. The van der Waals surface area contributed by atoms with Gasteiger partial charge in [0.25, 0.3) is 0 Å². The number of nitrogens with one attached hydrogen (secondary N) is 1. The van der Waals surface area contributed by atoms with E-state index in [4.69, 9.17) is 0 Å². The molecule has 4 heteroatoms. The maximum absolute atomic E-state index is 10.7. The third-order valence-electron chi connectivity index (χ3n) is 1.62. The molecule has 0 radical (unpaired) electrons. The Balaban J connectivity index is 2.17. The van der Waals surface area contributed by atoms with Gasteiger partial charge in [0, 0.05) is 47.4 Å². The van der Waals surface area contributed by atoms with Gasteiger partial charge >= 0.3 is 0 Å². The van der Waals surface area contributed by atoms with Crippen molar-refractivity contribution in [1.82, 2.24) is 4.98 Å². The van der Waals surface area contributed by atoms with Crippen LogP contribution in [0.3, 0.4) is 0 Å². The van der Waals surface area contributed by atoms with Crippen molar-refractivity contribution < 1.29 is 4.21 Å². The van der Waals surface area contributed by atoms with Gasteiger partial charge in [-0.3, -0.25) is 9.19 Å². The Morgan fingerprint density at radius 1 is 1.46 bits per heavy atom. The Morgan fingerprint density at radius 2 is 2.15 bits per heavy atom. The van der Waals surface area contributed by atoms with Gasteiger partial charge < -0.3 is 5.32 Å². The topological polar surface area (TPSA) is 42.0 Å². The average Bonchev–Trinajstić information content (AvgIpc) is 2.14. The number of aromatic nitrogens is 1. The maximum atomic E-state index is 10.7. The lowest BCUT2D eigenvalue weighted by molar-refractivity contribution is 0.685. The Morgan fingerprint density at radius 3 is 2.77 bits per heavy atom. The molecular formula is C9H14N2OS. The van der Waals surface area contributed by atoms with Crippen molar-refractivity contribution >= 4 is 16.5 Å². The molecule has 1 atom stereocenters. The highest BCUT2D eigenvalue weighted by molar-refractivity contribution is 7.84. The Labute approximate surface area is 81.0 Å². The van der Waals surface area contributed by atoms with Gasteiger partial charge in [0.2, 0.25) is 0 Å². The quantitative estimate of drug-likeness (QED) is 0.724. The lowest BCUT2D eigenvalue weighted by Crippen LogP contribution is -2.05. The van der Waals surface area contributed by atoms with Gasteiger partial charge in [-0.2, -0.15) is 0 Å². The second kappa shape index (κ2) is 5.70. The van der Waals surface area contributed by atoms with Crippen LogP contribution in [0.5, 0.6) is 0 Å². The molecule has 0 aliphatic carbocycles. The van der Waals surface area contributed by atoms with E-state index in [0.717, 1.165) is 24.4 Å². The minimum Gasteiger partial charge on any atom is -0.385 e. The van der Waals surface area contributed by atoms with Crippen molar-refractivity contribution in [3.05, 3.63) is 24.5 Å². The zero-order valence-electron chi connectivity index (χ0n) is 7.69. The molecule has 0 saturated carbocycles. The van der Waals surface area contributed by atoms with Crippen LogP contribution in [-0.4, -0.2) is 27.7 Å². The molecule has 0 bridgehead atoms. The molecule has 1 unspecified atom stereocenters. The first kappa shape index (κ1) is 10.2. The lowest BCUT2D eigenvalue weighted by atomic mass is 10.4. The van der Waals surface area contributed by atoms with E-state index >= 15 is 0 Å². The molecule has 1 aromatic rings. The molecule has 1 rings (SSSR count). The number of rotatable bonds is 5. The van der Waals surface area contributed by atoms with Crippen LogP contribution >= 0.6 is 0 Å². The fraction of sp³-hybridized carbons (Fsp3) is 0.444. The van der Waals surface area contributed by atoms with E-state index in [1.165, 1.54) is 0 Å². The standard InChI is InChI=1S/C9H14N2OS/c1-13(12)8-2-5-11-9-3-6-10-7-4-9/h3-4,6-7H,2,5,8H2,1H3,(H,10,11). The maximum Gasteiger partial charge on any atom is 0.0371 e. The zero-order chi connectivity index (χ0) is 9.52. The second-order valence-electron chi connectivity index (χ2n) is 2.79. The molecule has 3 nitrogen and oxygen atoms in total. The number of hydrogen-bond donors (Lipinski definition) is 1. The number of anilines is 1. The summed E-state index contributed by atoms with van der Waals surface area (Å²) in [7, 11) is -0.676. The molecule has 72 valence electrons. The van der Waals surface area contributed by atoms with E-state index < -0.39 is 10.8 Å². The highest BCUT2D eigenvalue weighted by atomic mass is 32.2. The minimum atomic E-state index is -0.676. The van der Waals surface area contributed by atoms with Gasteiger partial charge in [-0.25, -0.2) is 0 Å². The van der Waals surface area contributed by atoms with E-state index in [-0.39, 0.29) is 0 Å². The Kier molecular flexibility index (Phi) is 4.46. The van der Waals surface area contributed by atoms with Gasteiger partial charge in [0.15, 0.2) is 0 Å². The van der Waals surface area contributed by atoms with Crippen LogP contribution in [0.15, 0.2) is 24.5 Å². The minimum absolute atomic E-state index is 0.676. The van der Waals surface area contributed by atoms with Crippen molar-refractivity contribution in [3.63, 3.8) is 0 Å². The summed E-state index contributed by atoms with van der Waals surface area (Å²) < 4.78 is 10.7. The van der Waals surface area contributed by atoms with E-state index in [1.807, 2.05) is 12.1 Å². The summed E-state index contributed by atoms with van der Waals surface area (Å²) in [6, 6.07) is 3.84. The average molecular weight is 198 g/mol. The van der Waals surface area contributed by atoms with Crippen LogP contribution in [0.25, 0.3) is 0 Å². The number of nitrogens with zero attached hydrogens (tertiary/aromatic N) is 1. The van der Waals surface area contributed by atoms with Crippen LogP contribution in [0, 0.1) is 0 Å². The third-order valence-corrected chi connectivity index (χ3v) is 2.48. The van der Waals surface area contributed by atoms with Crippen LogP contribution in [-0.2, 0) is 10.8 Å². The van der Waals surface area contributed by atoms with Crippen molar-refractivity contribution in [1.29, 1.82) is 0 Å². The first-order valence-electron chi connectivity index (χ1n) is 4.23. The highest BCUT2D eigenvalue weighted by Gasteiger charge is 1.92. The molecule has 1 N–H and O–H groups in total. The first-order chi connectivity index (χ1) is 6.29. The fourth-order valence-electron chi connectivity index (χ4n) is 0.978. The molecule has 0 fully saturated rings. The van der Waals surface area contributed by atoms with Crippen LogP contribution in [0.1, 0.15) is 6.42 Å². The third kappa shape index (κ3) is 4.62. The highest BCUT2D eigenvalue weighted by Crippen LogP contribution is 2.02. The molecule has 0 saturated heterocycles. The van der Waals surface area contributed by atoms with E-state index in [0.29, 0.717) is 0 Å². The van der Waals surface area contributed by atoms with E-state index in [2.05, 4.69) is 10.3 Å². The van der Waals surface area contributed by atoms with Crippen LogP contribution < -0.4 is 5.32 Å². The molecule has 13 heavy (non-hydrogen) atoms. The Hall–Kier alpha value is -0.900. The van der Waals surface area contributed by atoms with Crippen molar-refractivity contribution in [2.45, 2.75) is 6.42 Å². The summed E-state index contributed by atoms with van der Waals surface area (Å²) in [5, 5.41) is 3.23. The fourth-order valence-corrected chi connectivity index (χ4v) is 1.53. The van der Waals surface area contributed by atoms with Gasteiger partial charge in [-0.15, -0.1) is 0 Å². The van der Waals surface area contributed by atoms with Crippen molar-refractivity contribution in [3.8, 4) is 0 Å². The summed E-state index contributed by atoms with van der Waals surface area (Å²) in [6.07, 6.45) is 6.17. The first-order valence-corrected chi connectivity index (χ1v) is 5.95. The number of hydrogen-bond acceptors (Lipinski definition) is 3. The summed E-state index contributed by atoms with van der Waals surface area (Å²) in [5.41, 5.74) is 1.07. The molecule has 1 aromatic heterocycles. The smallest absolute Gasteiger partial charge is 0.0371 e. The summed E-state index contributed by atoms with van der Waals surface area (Å²) >= 11 is 0. The molecule has 1 heterocycles. The number of pyridine rings is 1. The normalized spacial score (nSPS) is 12.4. The monoisotopic (exact) mass is 198 g/mol. The molecule has 0 amide bonds. The summed E-state index contributed by atoms with van der Waals surface area (Å²) in [5.74, 6) is 0.762. The van der Waals surface area contributed by atoms with E-state index in [1.54, 1.807) is 18.6 Å². The largest absolute Gasteiger partial charge is 0.385 e. The van der Waals surface area contributed by atoms with Gasteiger partial charge in [0.05, 0.1) is 0 Å². The Bertz CT molecular complexity index is 264. The second-order valence-corrected chi connectivity index (χ2v) is 4.35.